The van der Waals surface area contributed by atoms with Crippen molar-refractivity contribution >= 4 is 54.7 Å². The van der Waals surface area contributed by atoms with Crippen LogP contribution in [0.5, 0.6) is 11.5 Å². The number of halogens is 2. The molecule has 0 aliphatic carbocycles. The Labute approximate surface area is 433 Å². The van der Waals surface area contributed by atoms with Crippen LogP contribution in [0, 0.1) is 29.8 Å². The minimum atomic E-state index is -4.45. The number of imidazole rings is 1. The second kappa shape index (κ2) is 27.0. The number of nitrogens with one attached hydrogen (secondary N) is 1. The molecule has 1 aliphatic rings. The predicted octanol–water partition coefficient (Wildman–Crippen LogP) is 1.32. The molecule has 378 valence electrons. The van der Waals surface area contributed by atoms with Crippen LogP contribution in [-0.2, 0) is 38.3 Å². The minimum absolute atomic E-state index is 0. The molecule has 1 aliphatic heterocycles. The molecular weight excluding hydrogens is 988 g/mol. The van der Waals surface area contributed by atoms with Crippen LogP contribution in [0.25, 0.3) is 5.69 Å². The number of anilines is 2. The first-order valence-corrected chi connectivity index (χ1v) is 25.2. The van der Waals surface area contributed by atoms with Crippen molar-refractivity contribution in [2.45, 2.75) is 52.3 Å². The maximum atomic E-state index is 12.9. The molecule has 26 heteroatoms. The molecule has 1 fully saturated rings. The fourth-order valence-electron chi connectivity index (χ4n) is 7.31. The number of amides is 1. The number of piperidine rings is 1. The zero-order valence-electron chi connectivity index (χ0n) is 40.3. The van der Waals surface area contributed by atoms with Crippen molar-refractivity contribution in [2.75, 3.05) is 75.5 Å². The Kier molecular flexibility index (Phi) is 22.8. The van der Waals surface area contributed by atoms with E-state index in [1.807, 2.05) is 6.07 Å². The van der Waals surface area contributed by atoms with E-state index in [1.54, 1.807) is 82.1 Å². The van der Waals surface area contributed by atoms with Crippen LogP contribution in [0.4, 0.5) is 21.6 Å². The van der Waals surface area contributed by atoms with E-state index in [0.717, 1.165) is 32.1 Å². The molecule has 2 aromatic heterocycles. The van der Waals surface area contributed by atoms with Gasteiger partial charge in [-0.2, -0.15) is 0 Å². The molecule has 2 atom stereocenters. The third-order valence-electron chi connectivity index (χ3n) is 11.1. The summed E-state index contributed by atoms with van der Waals surface area (Å²) in [6.45, 7) is 7.80. The van der Waals surface area contributed by atoms with Crippen molar-refractivity contribution in [1.82, 2.24) is 29.1 Å². The number of nitrogen functional groups attached to an aromatic ring is 1. The van der Waals surface area contributed by atoms with Crippen LogP contribution < -0.4 is 60.5 Å². The number of nitro groups is 1. The molecule has 3 heterocycles. The third kappa shape index (κ3) is 16.8. The van der Waals surface area contributed by atoms with Gasteiger partial charge in [-0.3, -0.25) is 14.3 Å². The van der Waals surface area contributed by atoms with E-state index in [0.29, 0.717) is 58.1 Å². The van der Waals surface area contributed by atoms with Crippen molar-refractivity contribution in [3.63, 3.8) is 0 Å². The Morgan fingerprint density at radius 2 is 1.73 bits per heavy atom. The Morgan fingerprint density at radius 1 is 1.07 bits per heavy atom. The van der Waals surface area contributed by atoms with Gasteiger partial charge in [-0.1, -0.05) is 36.7 Å². The minimum Gasteiger partial charge on any atom is -0.747 e. The molecule has 21 nitrogen and oxygen atoms in total. The standard InChI is InChI=1S/C23H29ClFN3O4.C13H17N3O4S.C8H13N3O4S.Na/c1-30-21-13-19(26)18(24)12-17(21)23(29)27-20-8-10-28(14-22(20)31-2)9-3-11-32-16-6-4-15(25)5-7-16;1-10-12(14(2)9-21(18,19)20)13(17)16(15(10)3)11-7-5-4-6-8-11;1-3-16(14,15)5-4-10-7(2)9-6-8(10)11(12)13;/h4-7,12-13,20,22H,3,8-11,14,26H2,1-2H3,(H,27,29);4-8H,9H2,1-3H3,(H,18,19,20);6H,3-5H2,1-2H3;/q;;;+1/p-1. The van der Waals surface area contributed by atoms with Gasteiger partial charge in [-0.15, -0.1) is 0 Å². The van der Waals surface area contributed by atoms with Gasteiger partial charge in [0.15, 0.2) is 15.7 Å². The van der Waals surface area contributed by atoms with Gasteiger partial charge in [0.1, 0.15) is 51.7 Å². The molecule has 0 radical (unpaired) electrons. The van der Waals surface area contributed by atoms with E-state index in [2.05, 4.69) is 15.2 Å². The van der Waals surface area contributed by atoms with E-state index in [1.165, 1.54) is 46.5 Å². The number of ether oxygens (including phenoxy) is 3. The number of hydrogen-bond acceptors (Lipinski definition) is 16. The zero-order chi connectivity index (χ0) is 51.2. The molecule has 0 spiro atoms. The number of methoxy groups -OCH3 is 2. The third-order valence-corrected chi connectivity index (χ3v) is 13.8. The summed E-state index contributed by atoms with van der Waals surface area (Å²) in [4.78, 5) is 42.7. The molecule has 3 aromatic carbocycles. The Bertz CT molecular complexity index is 2820. The van der Waals surface area contributed by atoms with Crippen LogP contribution in [-0.4, -0.2) is 133 Å². The number of aryl methyl sites for hydroxylation is 1. The summed E-state index contributed by atoms with van der Waals surface area (Å²) in [5.41, 5.74) is 7.56. The fourth-order valence-corrected chi connectivity index (χ4v) is 8.82. The molecule has 0 saturated carbocycles. The van der Waals surface area contributed by atoms with Gasteiger partial charge < -0.3 is 49.7 Å². The molecule has 0 bridgehead atoms. The molecule has 1 saturated heterocycles. The van der Waals surface area contributed by atoms with E-state index >= 15 is 0 Å². The van der Waals surface area contributed by atoms with Crippen molar-refractivity contribution in [2.24, 2.45) is 7.05 Å². The SMILES string of the molecule is CCS(=O)(=O)CCn1c([N+](=O)[O-])cnc1C.COc1cc(N)c(Cl)cc1C(=O)NC1CCN(CCCOc2ccc(F)cc2)CC1OC.Cc1c(N(C)CS(=O)(=O)[O-])c(=O)n(-c2ccccc2)n1C.[Na+]. The van der Waals surface area contributed by atoms with Crippen LogP contribution in [0.2, 0.25) is 5.02 Å². The maximum absolute atomic E-state index is 12.9. The molecule has 70 heavy (non-hydrogen) atoms. The number of nitrogens with zero attached hydrogens (tertiary/aromatic N) is 7. The first kappa shape index (κ1) is 59.3. The number of hydrogen-bond donors (Lipinski definition) is 2. The van der Waals surface area contributed by atoms with Gasteiger partial charge >= 0.3 is 35.4 Å². The molecular formula is C44H58ClFN9NaO12S2. The van der Waals surface area contributed by atoms with Crippen molar-refractivity contribution in [1.29, 1.82) is 0 Å². The fraction of sp³-hybridized carbons (Fsp3) is 0.432. The number of likely N-dealkylation sites (tertiary alicyclic amines) is 1. The number of carbonyl (C=O) groups is 1. The van der Waals surface area contributed by atoms with E-state index in [9.17, 15) is 45.5 Å². The Balaban J connectivity index is 0.000000295. The predicted molar refractivity (Wildman–Crippen MR) is 259 cm³/mol. The van der Waals surface area contributed by atoms with Crippen LogP contribution >= 0.6 is 11.6 Å². The number of para-hydroxylation sites is 1. The largest absolute Gasteiger partial charge is 1.00 e. The van der Waals surface area contributed by atoms with Gasteiger partial charge in [-0.25, -0.2) is 35.5 Å². The Morgan fingerprint density at radius 3 is 2.31 bits per heavy atom. The summed E-state index contributed by atoms with van der Waals surface area (Å²) in [5, 5.41) is 14.0. The normalized spacial score (nSPS) is 14.8. The van der Waals surface area contributed by atoms with E-state index < -0.39 is 30.8 Å². The Hall–Kier alpha value is -5.05. The van der Waals surface area contributed by atoms with E-state index in [4.69, 9.17) is 31.5 Å². The first-order valence-electron chi connectivity index (χ1n) is 21.4. The van der Waals surface area contributed by atoms with Crippen LogP contribution in [0.3, 0.4) is 0 Å². The number of benzene rings is 3. The first-order chi connectivity index (χ1) is 32.5. The van der Waals surface area contributed by atoms with Gasteiger partial charge in [0.05, 0.1) is 59.3 Å². The molecule has 3 N–H and O–H groups in total. The van der Waals surface area contributed by atoms with Crippen molar-refractivity contribution < 1.29 is 79.3 Å². The second-order valence-corrected chi connectivity index (χ2v) is 20.0. The summed E-state index contributed by atoms with van der Waals surface area (Å²) >= 11 is 6.09. The molecule has 6 rings (SSSR count). The van der Waals surface area contributed by atoms with Gasteiger partial charge in [0.25, 0.3) is 11.5 Å². The number of aromatic nitrogens is 4. The molecule has 5 aromatic rings. The van der Waals surface area contributed by atoms with E-state index in [-0.39, 0.29) is 88.5 Å². The number of sulfone groups is 1. The van der Waals surface area contributed by atoms with Crippen molar-refractivity contribution in [3.8, 4) is 17.2 Å². The average Bonchev–Trinajstić information content (AvgIpc) is 3.79. The summed E-state index contributed by atoms with van der Waals surface area (Å²) in [7, 11) is -1.34. The topological polar surface area (TPSA) is 269 Å². The zero-order valence-corrected chi connectivity index (χ0v) is 44.7. The number of rotatable bonds is 18. The number of carbonyl (C=O) groups excluding carboxylic acids is 1. The second-order valence-electron chi connectivity index (χ2n) is 15.8. The number of nitrogens with two attached hydrogens (primary N) is 1. The smallest absolute Gasteiger partial charge is 0.747 e. The van der Waals surface area contributed by atoms with Crippen LogP contribution in [0.1, 0.15) is 41.6 Å². The van der Waals surface area contributed by atoms with Crippen molar-refractivity contribution in [3.05, 3.63) is 121 Å². The summed E-state index contributed by atoms with van der Waals surface area (Å²) < 4.78 is 89.1. The molecule has 2 unspecified atom stereocenters. The van der Waals surface area contributed by atoms with Gasteiger partial charge in [-0.05, 0) is 67.2 Å². The van der Waals surface area contributed by atoms with Crippen LogP contribution in [0.15, 0.2) is 77.7 Å². The summed E-state index contributed by atoms with van der Waals surface area (Å²) in [6, 6.07) is 17.9. The van der Waals surface area contributed by atoms with Gasteiger partial charge in [0, 0.05) is 59.6 Å². The maximum Gasteiger partial charge on any atom is 1.00 e. The van der Waals surface area contributed by atoms with Gasteiger partial charge in [0.2, 0.25) is 0 Å². The average molecular weight is 1050 g/mol. The monoisotopic (exact) mass is 1050 g/mol. The summed E-state index contributed by atoms with van der Waals surface area (Å²) in [5.74, 6) is -0.0924. The molecule has 1 amide bonds. The summed E-state index contributed by atoms with van der Waals surface area (Å²) in [6.07, 6.45) is 2.55. The quantitative estimate of drug-likeness (QED) is 0.0313.